The van der Waals surface area contributed by atoms with Gasteiger partial charge in [-0.2, -0.15) is 0 Å². The molecule has 0 saturated heterocycles. The van der Waals surface area contributed by atoms with Crippen LogP contribution in [0.25, 0.3) is 0 Å². The summed E-state index contributed by atoms with van der Waals surface area (Å²) in [5.41, 5.74) is 4.17. The molecule has 0 unspecified atom stereocenters. The van der Waals surface area contributed by atoms with Crippen LogP contribution in [0.2, 0.25) is 0 Å². The molecule has 1 amide bonds. The van der Waals surface area contributed by atoms with Crippen LogP contribution >= 0.6 is 0 Å². The lowest BCUT2D eigenvalue weighted by atomic mass is 9.56. The van der Waals surface area contributed by atoms with Crippen molar-refractivity contribution < 1.29 is 4.79 Å². The molecular formula is C11H19NO. The van der Waals surface area contributed by atoms with Gasteiger partial charge in [-0.25, -0.2) is 0 Å². The second kappa shape index (κ2) is 3.69. The minimum atomic E-state index is 0.250. The van der Waals surface area contributed by atoms with E-state index in [9.17, 15) is 0 Å². The molecule has 0 radical (unpaired) electrons. The van der Waals surface area contributed by atoms with Crippen LogP contribution in [0, 0.1) is 23.7 Å². The zero-order valence-electron chi connectivity index (χ0n) is 8.11. The molecule has 4 aliphatic rings. The highest BCUT2D eigenvalue weighted by Gasteiger charge is 2.41. The summed E-state index contributed by atoms with van der Waals surface area (Å²) in [7, 11) is 0. The topological polar surface area (TPSA) is 43.1 Å². The van der Waals surface area contributed by atoms with E-state index < -0.39 is 0 Å². The van der Waals surface area contributed by atoms with Gasteiger partial charge in [-0.05, 0) is 62.2 Å². The van der Waals surface area contributed by atoms with Crippen molar-refractivity contribution in [1.82, 2.24) is 0 Å². The normalized spacial score (nSPS) is 45.2. The molecule has 2 heteroatoms. The van der Waals surface area contributed by atoms with Crippen molar-refractivity contribution in [2.45, 2.75) is 38.5 Å². The number of carbonyl (C=O) groups is 1. The third kappa shape index (κ3) is 1.87. The van der Waals surface area contributed by atoms with Gasteiger partial charge in [0.1, 0.15) is 0 Å². The van der Waals surface area contributed by atoms with E-state index in [2.05, 4.69) is 5.73 Å². The van der Waals surface area contributed by atoms with Crippen molar-refractivity contribution in [3.63, 3.8) is 0 Å². The summed E-state index contributed by atoms with van der Waals surface area (Å²) in [6.45, 7) is 0. The van der Waals surface area contributed by atoms with Gasteiger partial charge in [-0.15, -0.1) is 0 Å². The van der Waals surface area contributed by atoms with Gasteiger partial charge in [-0.3, -0.25) is 4.79 Å². The molecule has 2 nitrogen and oxygen atoms in total. The van der Waals surface area contributed by atoms with Gasteiger partial charge < -0.3 is 5.73 Å². The van der Waals surface area contributed by atoms with Crippen molar-refractivity contribution in [2.75, 3.05) is 0 Å². The average molecular weight is 181 g/mol. The second-order valence-electron chi connectivity index (χ2n) is 5.01. The lowest BCUT2D eigenvalue weighted by molar-refractivity contribution is -0.106. The van der Waals surface area contributed by atoms with Gasteiger partial charge >= 0.3 is 0 Å². The molecule has 2 N–H and O–H groups in total. The van der Waals surface area contributed by atoms with E-state index in [1.54, 1.807) is 38.5 Å². The molecule has 4 saturated carbocycles. The minimum absolute atomic E-state index is 0.250. The van der Waals surface area contributed by atoms with Crippen LogP contribution in [0.15, 0.2) is 0 Å². The SMILES string of the molecule is C1C2CC3CC1CC(C2)C3.NC=O. The molecule has 13 heavy (non-hydrogen) atoms. The highest BCUT2D eigenvalue weighted by Crippen LogP contribution is 2.53. The van der Waals surface area contributed by atoms with Crippen LogP contribution in [0.3, 0.4) is 0 Å². The monoisotopic (exact) mass is 181 g/mol. The number of rotatable bonds is 0. The van der Waals surface area contributed by atoms with Crippen LogP contribution in [-0.2, 0) is 4.79 Å². The van der Waals surface area contributed by atoms with E-state index in [0.29, 0.717) is 0 Å². The fourth-order valence-corrected chi connectivity index (χ4v) is 3.98. The Hall–Kier alpha value is -0.530. The van der Waals surface area contributed by atoms with Crippen LogP contribution in [0.1, 0.15) is 38.5 Å². The first-order valence-corrected chi connectivity index (χ1v) is 5.47. The maximum absolute atomic E-state index is 8.58. The highest BCUT2D eigenvalue weighted by molar-refractivity contribution is 5.42. The number of carbonyl (C=O) groups excluding carboxylic acids is 1. The Morgan fingerprint density at radius 3 is 1.08 bits per heavy atom. The lowest BCUT2D eigenvalue weighted by Crippen LogP contribution is -2.38. The predicted octanol–water partition coefficient (Wildman–Crippen LogP) is 1.93. The van der Waals surface area contributed by atoms with E-state index in [4.69, 9.17) is 4.79 Å². The number of hydrogen-bond acceptors (Lipinski definition) is 1. The molecule has 0 spiro atoms. The first-order valence-electron chi connectivity index (χ1n) is 5.47. The first kappa shape index (κ1) is 9.04. The van der Waals surface area contributed by atoms with Crippen molar-refractivity contribution >= 4 is 6.41 Å². The van der Waals surface area contributed by atoms with Crippen LogP contribution in [-0.4, -0.2) is 6.41 Å². The molecule has 74 valence electrons. The Bertz CT molecular complexity index is 134. The van der Waals surface area contributed by atoms with E-state index >= 15 is 0 Å². The molecule has 0 aromatic heterocycles. The fourth-order valence-electron chi connectivity index (χ4n) is 3.98. The Morgan fingerprint density at radius 2 is 0.923 bits per heavy atom. The third-order valence-electron chi connectivity index (χ3n) is 4.00. The van der Waals surface area contributed by atoms with E-state index in [0.717, 1.165) is 0 Å². The van der Waals surface area contributed by atoms with Crippen molar-refractivity contribution in [2.24, 2.45) is 29.4 Å². The van der Waals surface area contributed by atoms with Gasteiger partial charge in [0, 0.05) is 0 Å². The standard InChI is InChI=1S/C10H16.CH3NO/c1-7-2-9-4-8(1)5-10(3-7)6-9;2-1-3/h7-10H,1-6H2;1H,(H2,2,3). The van der Waals surface area contributed by atoms with Gasteiger partial charge in [0.2, 0.25) is 6.41 Å². The van der Waals surface area contributed by atoms with Crippen LogP contribution in [0.5, 0.6) is 0 Å². The zero-order chi connectivity index (χ0) is 9.26. The molecule has 4 rings (SSSR count). The summed E-state index contributed by atoms with van der Waals surface area (Å²) in [5, 5.41) is 0. The largest absolute Gasteiger partial charge is 0.372 e. The lowest BCUT2D eigenvalue weighted by Gasteiger charge is -2.49. The minimum Gasteiger partial charge on any atom is -0.372 e. The zero-order valence-corrected chi connectivity index (χ0v) is 8.11. The number of hydrogen-bond donors (Lipinski definition) is 1. The first-order chi connectivity index (χ1) is 6.31. The third-order valence-corrected chi connectivity index (χ3v) is 4.00. The number of nitrogens with two attached hydrogens (primary N) is 1. The van der Waals surface area contributed by atoms with Gasteiger partial charge in [0.25, 0.3) is 0 Å². The summed E-state index contributed by atoms with van der Waals surface area (Å²) in [4.78, 5) is 8.58. The Morgan fingerprint density at radius 1 is 0.769 bits per heavy atom. The van der Waals surface area contributed by atoms with Gasteiger partial charge in [0.15, 0.2) is 0 Å². The molecule has 4 bridgehead atoms. The van der Waals surface area contributed by atoms with Crippen molar-refractivity contribution in [3.05, 3.63) is 0 Å². The summed E-state index contributed by atoms with van der Waals surface area (Å²) in [5.74, 6) is 4.71. The summed E-state index contributed by atoms with van der Waals surface area (Å²) in [6.07, 6.45) is 9.88. The second-order valence-corrected chi connectivity index (χ2v) is 5.01. The highest BCUT2D eigenvalue weighted by atomic mass is 16.1. The molecular weight excluding hydrogens is 162 g/mol. The molecule has 0 heterocycles. The maximum atomic E-state index is 8.58. The molecule has 4 fully saturated rings. The molecule has 0 aromatic rings. The summed E-state index contributed by atoms with van der Waals surface area (Å²) in [6, 6.07) is 0. The van der Waals surface area contributed by atoms with Crippen molar-refractivity contribution in [3.8, 4) is 0 Å². The predicted molar refractivity (Wildman–Crippen MR) is 51.9 cm³/mol. The average Bonchev–Trinajstić information content (AvgIpc) is 2.01. The quantitative estimate of drug-likeness (QED) is 0.570. The van der Waals surface area contributed by atoms with Crippen LogP contribution < -0.4 is 5.73 Å². The van der Waals surface area contributed by atoms with E-state index in [1.807, 2.05) is 0 Å². The maximum Gasteiger partial charge on any atom is 0.204 e. The molecule has 4 aliphatic carbocycles. The summed E-state index contributed by atoms with van der Waals surface area (Å²) < 4.78 is 0. The number of primary amides is 1. The Kier molecular flexibility index (Phi) is 2.56. The van der Waals surface area contributed by atoms with Crippen molar-refractivity contribution in [1.29, 1.82) is 0 Å². The van der Waals surface area contributed by atoms with E-state index in [1.165, 1.54) is 23.7 Å². The Labute approximate surface area is 79.9 Å². The van der Waals surface area contributed by atoms with Gasteiger partial charge in [-0.1, -0.05) is 0 Å². The van der Waals surface area contributed by atoms with Crippen LogP contribution in [0.4, 0.5) is 0 Å². The molecule has 0 atom stereocenters. The smallest absolute Gasteiger partial charge is 0.204 e. The molecule has 0 aliphatic heterocycles. The van der Waals surface area contributed by atoms with E-state index in [-0.39, 0.29) is 6.41 Å². The Balaban J connectivity index is 0.000000196. The summed E-state index contributed by atoms with van der Waals surface area (Å²) >= 11 is 0. The fraction of sp³-hybridized carbons (Fsp3) is 0.909. The van der Waals surface area contributed by atoms with Gasteiger partial charge in [0.05, 0.1) is 0 Å². The number of amides is 1. The molecule has 0 aromatic carbocycles.